The van der Waals surface area contributed by atoms with Crippen molar-refractivity contribution < 1.29 is 0 Å². The molecule has 3 heteroatoms. The van der Waals surface area contributed by atoms with Crippen LogP contribution < -0.4 is 5.32 Å². The summed E-state index contributed by atoms with van der Waals surface area (Å²) in [6, 6.07) is 0.591. The second-order valence-electron chi connectivity index (χ2n) is 6.28. The van der Waals surface area contributed by atoms with Gasteiger partial charge in [0.15, 0.2) is 0 Å². The number of hydrogen-bond donors (Lipinski definition) is 1. The zero-order chi connectivity index (χ0) is 12.9. The van der Waals surface area contributed by atoms with Crippen LogP contribution in [-0.4, -0.2) is 62.2 Å². The fourth-order valence-electron chi connectivity index (χ4n) is 2.29. The maximum Gasteiger partial charge on any atom is 0.0110 e. The summed E-state index contributed by atoms with van der Waals surface area (Å²) >= 11 is 0. The fourth-order valence-corrected chi connectivity index (χ4v) is 2.29. The normalized spacial score (nSPS) is 22.9. The summed E-state index contributed by atoms with van der Waals surface area (Å²) in [6.07, 6.45) is 1.25. The summed E-state index contributed by atoms with van der Waals surface area (Å²) in [6.45, 7) is 16.5. The van der Waals surface area contributed by atoms with Crippen LogP contribution >= 0.6 is 0 Å². The third-order valence-electron chi connectivity index (χ3n) is 3.99. The van der Waals surface area contributed by atoms with Gasteiger partial charge in [0.05, 0.1) is 0 Å². The molecule has 1 rings (SSSR count). The average Bonchev–Trinajstić information content (AvgIpc) is 2.30. The Morgan fingerprint density at radius 2 is 1.76 bits per heavy atom. The summed E-state index contributed by atoms with van der Waals surface area (Å²) in [5.41, 5.74) is 0.417. The minimum Gasteiger partial charge on any atom is -0.314 e. The molecule has 3 nitrogen and oxygen atoms in total. The first-order valence-corrected chi connectivity index (χ1v) is 7.09. The van der Waals surface area contributed by atoms with E-state index >= 15 is 0 Å². The number of likely N-dealkylation sites (N-methyl/N-ethyl adjacent to an activating group) is 1. The van der Waals surface area contributed by atoms with Gasteiger partial charge in [0.2, 0.25) is 0 Å². The van der Waals surface area contributed by atoms with Crippen LogP contribution in [0.5, 0.6) is 0 Å². The van der Waals surface area contributed by atoms with Gasteiger partial charge < -0.3 is 15.1 Å². The lowest BCUT2D eigenvalue weighted by Gasteiger charge is -2.39. The Balaban J connectivity index is 2.39. The maximum atomic E-state index is 3.60. The molecule has 1 aliphatic heterocycles. The molecule has 1 aliphatic rings. The quantitative estimate of drug-likeness (QED) is 0.763. The Bertz CT molecular complexity index is 210. The summed E-state index contributed by atoms with van der Waals surface area (Å²) in [7, 11) is 2.22. The number of hydrogen-bond acceptors (Lipinski definition) is 3. The average molecular weight is 241 g/mol. The molecule has 1 saturated heterocycles. The van der Waals surface area contributed by atoms with Gasteiger partial charge in [-0.3, -0.25) is 0 Å². The minimum atomic E-state index is 0.417. The van der Waals surface area contributed by atoms with Crippen LogP contribution in [0.1, 0.15) is 34.1 Å². The molecular formula is C14H31N3. The van der Waals surface area contributed by atoms with Crippen molar-refractivity contribution >= 4 is 0 Å². The van der Waals surface area contributed by atoms with E-state index in [9.17, 15) is 0 Å². The highest BCUT2D eigenvalue weighted by Gasteiger charge is 2.26. The molecule has 0 saturated carbocycles. The van der Waals surface area contributed by atoms with Crippen LogP contribution in [0.3, 0.4) is 0 Å². The second kappa shape index (κ2) is 6.72. The van der Waals surface area contributed by atoms with Crippen molar-refractivity contribution in [2.45, 2.75) is 40.2 Å². The summed E-state index contributed by atoms with van der Waals surface area (Å²) < 4.78 is 0. The molecule has 0 aromatic carbocycles. The molecule has 1 fully saturated rings. The van der Waals surface area contributed by atoms with Gasteiger partial charge in [-0.05, 0) is 18.9 Å². The van der Waals surface area contributed by atoms with Crippen LogP contribution in [0.4, 0.5) is 0 Å². The minimum absolute atomic E-state index is 0.417. The molecule has 0 aromatic rings. The van der Waals surface area contributed by atoms with E-state index < -0.39 is 0 Å². The SMILES string of the molecule is CCC(C)(CNC(C)C)CN1CCN(C)CC1. The monoisotopic (exact) mass is 241 g/mol. The number of nitrogens with zero attached hydrogens (tertiary/aromatic N) is 2. The molecule has 17 heavy (non-hydrogen) atoms. The van der Waals surface area contributed by atoms with Gasteiger partial charge in [0.25, 0.3) is 0 Å². The van der Waals surface area contributed by atoms with E-state index in [-0.39, 0.29) is 0 Å². The first-order chi connectivity index (χ1) is 7.95. The highest BCUT2D eigenvalue weighted by atomic mass is 15.2. The molecule has 0 spiro atoms. The largest absolute Gasteiger partial charge is 0.314 e. The molecule has 1 N–H and O–H groups in total. The third kappa shape index (κ3) is 5.36. The Morgan fingerprint density at radius 1 is 1.18 bits per heavy atom. The fraction of sp³-hybridized carbons (Fsp3) is 1.00. The van der Waals surface area contributed by atoms with Gasteiger partial charge in [-0.15, -0.1) is 0 Å². The van der Waals surface area contributed by atoms with Gasteiger partial charge in [0.1, 0.15) is 0 Å². The van der Waals surface area contributed by atoms with Gasteiger partial charge in [-0.25, -0.2) is 0 Å². The molecule has 1 heterocycles. The molecule has 0 radical (unpaired) electrons. The van der Waals surface area contributed by atoms with Gasteiger partial charge >= 0.3 is 0 Å². The van der Waals surface area contributed by atoms with E-state index in [4.69, 9.17) is 0 Å². The molecule has 1 unspecified atom stereocenters. The molecule has 0 bridgehead atoms. The zero-order valence-electron chi connectivity index (χ0n) is 12.4. The van der Waals surface area contributed by atoms with Crippen molar-refractivity contribution in [2.75, 3.05) is 46.3 Å². The summed E-state index contributed by atoms with van der Waals surface area (Å²) in [4.78, 5) is 5.05. The lowest BCUT2D eigenvalue weighted by Crippen LogP contribution is -2.50. The van der Waals surface area contributed by atoms with E-state index in [1.165, 1.54) is 39.1 Å². The van der Waals surface area contributed by atoms with E-state index in [1.807, 2.05) is 0 Å². The molecule has 102 valence electrons. The molecule has 0 amide bonds. The number of nitrogens with one attached hydrogen (secondary N) is 1. The van der Waals surface area contributed by atoms with E-state index in [2.05, 4.69) is 49.9 Å². The first-order valence-electron chi connectivity index (χ1n) is 7.09. The predicted molar refractivity (Wildman–Crippen MR) is 75.5 cm³/mol. The predicted octanol–water partition coefficient (Wildman–Crippen LogP) is 1.65. The Kier molecular flexibility index (Phi) is 5.90. The van der Waals surface area contributed by atoms with Crippen molar-refractivity contribution in [3.05, 3.63) is 0 Å². The third-order valence-corrected chi connectivity index (χ3v) is 3.99. The van der Waals surface area contributed by atoms with Gasteiger partial charge in [-0.1, -0.05) is 27.7 Å². The lowest BCUT2D eigenvalue weighted by atomic mass is 9.86. The summed E-state index contributed by atoms with van der Waals surface area (Å²) in [5.74, 6) is 0. The Morgan fingerprint density at radius 3 is 2.24 bits per heavy atom. The van der Waals surface area contributed by atoms with E-state index in [0.29, 0.717) is 11.5 Å². The highest BCUT2D eigenvalue weighted by Crippen LogP contribution is 2.22. The van der Waals surface area contributed by atoms with Gasteiger partial charge in [0, 0.05) is 45.3 Å². The maximum absolute atomic E-state index is 3.60. The molecule has 0 aliphatic carbocycles. The van der Waals surface area contributed by atoms with Crippen LogP contribution in [0, 0.1) is 5.41 Å². The van der Waals surface area contributed by atoms with Crippen molar-refractivity contribution in [2.24, 2.45) is 5.41 Å². The standard InChI is InChI=1S/C14H31N3/c1-6-14(4,11-15-13(2)3)12-17-9-7-16(5)8-10-17/h13,15H,6-12H2,1-5H3. The van der Waals surface area contributed by atoms with Crippen molar-refractivity contribution in [3.63, 3.8) is 0 Å². The number of rotatable bonds is 6. The van der Waals surface area contributed by atoms with Crippen molar-refractivity contribution in [3.8, 4) is 0 Å². The number of piperazine rings is 1. The van der Waals surface area contributed by atoms with E-state index in [0.717, 1.165) is 6.54 Å². The topological polar surface area (TPSA) is 18.5 Å². The van der Waals surface area contributed by atoms with Crippen molar-refractivity contribution in [1.82, 2.24) is 15.1 Å². The van der Waals surface area contributed by atoms with Gasteiger partial charge in [-0.2, -0.15) is 0 Å². The molecule has 0 aromatic heterocycles. The second-order valence-corrected chi connectivity index (χ2v) is 6.28. The Hall–Kier alpha value is -0.120. The lowest BCUT2D eigenvalue weighted by molar-refractivity contribution is 0.0989. The first kappa shape index (κ1) is 14.9. The smallest absolute Gasteiger partial charge is 0.0110 e. The Labute approximate surface area is 108 Å². The highest BCUT2D eigenvalue weighted by molar-refractivity contribution is 4.82. The molecule has 1 atom stereocenters. The zero-order valence-corrected chi connectivity index (χ0v) is 12.4. The van der Waals surface area contributed by atoms with Crippen molar-refractivity contribution in [1.29, 1.82) is 0 Å². The van der Waals surface area contributed by atoms with Crippen LogP contribution in [0.15, 0.2) is 0 Å². The van der Waals surface area contributed by atoms with Crippen LogP contribution in [0.25, 0.3) is 0 Å². The van der Waals surface area contributed by atoms with Crippen LogP contribution in [0.2, 0.25) is 0 Å². The molecular weight excluding hydrogens is 210 g/mol. The van der Waals surface area contributed by atoms with E-state index in [1.54, 1.807) is 0 Å². The van der Waals surface area contributed by atoms with Crippen LogP contribution in [-0.2, 0) is 0 Å². The summed E-state index contributed by atoms with van der Waals surface area (Å²) in [5, 5.41) is 3.60.